The second-order valence-corrected chi connectivity index (χ2v) is 4.02. The third-order valence-electron chi connectivity index (χ3n) is 2.54. The van der Waals surface area contributed by atoms with Crippen molar-refractivity contribution >= 4 is 5.91 Å². The van der Waals surface area contributed by atoms with Crippen LogP contribution in [0.5, 0.6) is 0 Å². The number of carbonyl (C=O) groups excluding carboxylic acids is 1. The van der Waals surface area contributed by atoms with Gasteiger partial charge in [0.05, 0.1) is 6.04 Å². The van der Waals surface area contributed by atoms with Gasteiger partial charge in [-0.15, -0.1) is 0 Å². The zero-order chi connectivity index (χ0) is 11.1. The minimum atomic E-state index is -0.0982. The lowest BCUT2D eigenvalue weighted by Crippen LogP contribution is -2.47. The first-order valence-electron chi connectivity index (χ1n) is 5.57. The fourth-order valence-corrected chi connectivity index (χ4v) is 1.09. The van der Waals surface area contributed by atoms with Crippen LogP contribution in [-0.4, -0.2) is 24.0 Å². The van der Waals surface area contributed by atoms with E-state index in [0.29, 0.717) is 6.04 Å². The van der Waals surface area contributed by atoms with Crippen LogP contribution < -0.4 is 10.6 Å². The van der Waals surface area contributed by atoms with Gasteiger partial charge in [0.15, 0.2) is 0 Å². The van der Waals surface area contributed by atoms with Crippen LogP contribution in [0.25, 0.3) is 0 Å². The van der Waals surface area contributed by atoms with Gasteiger partial charge in [-0.2, -0.15) is 0 Å². The molecule has 14 heavy (non-hydrogen) atoms. The maximum absolute atomic E-state index is 11.6. The quantitative estimate of drug-likeness (QED) is 0.685. The molecular weight excluding hydrogens is 176 g/mol. The van der Waals surface area contributed by atoms with Gasteiger partial charge in [-0.25, -0.2) is 0 Å². The molecular formula is C11H24N2O. The van der Waals surface area contributed by atoms with Gasteiger partial charge in [-0.3, -0.25) is 4.79 Å². The summed E-state index contributed by atoms with van der Waals surface area (Å²) in [4.78, 5) is 11.6. The first-order valence-corrected chi connectivity index (χ1v) is 5.57. The standard InChI is InChI=1S/C11H24N2O/c1-6-8(3)12-10(5)11(14)13-9(4)7-2/h8-10,12H,6-7H2,1-5H3,(H,13,14). The zero-order valence-electron chi connectivity index (χ0n) is 10.1. The molecule has 3 unspecified atom stereocenters. The summed E-state index contributed by atoms with van der Waals surface area (Å²) in [5.41, 5.74) is 0. The Kier molecular flexibility index (Phi) is 6.54. The topological polar surface area (TPSA) is 41.1 Å². The van der Waals surface area contributed by atoms with Crippen LogP contribution >= 0.6 is 0 Å². The van der Waals surface area contributed by atoms with E-state index >= 15 is 0 Å². The van der Waals surface area contributed by atoms with E-state index in [9.17, 15) is 4.79 Å². The highest BCUT2D eigenvalue weighted by Gasteiger charge is 2.15. The molecule has 3 heteroatoms. The molecule has 3 nitrogen and oxygen atoms in total. The smallest absolute Gasteiger partial charge is 0.237 e. The molecule has 0 aromatic heterocycles. The minimum absolute atomic E-state index is 0.0969. The number of carbonyl (C=O) groups is 1. The van der Waals surface area contributed by atoms with Crippen LogP contribution in [0.3, 0.4) is 0 Å². The normalized spacial score (nSPS) is 17.2. The highest BCUT2D eigenvalue weighted by atomic mass is 16.2. The van der Waals surface area contributed by atoms with Crippen molar-refractivity contribution in [1.29, 1.82) is 0 Å². The van der Waals surface area contributed by atoms with Gasteiger partial charge in [0.1, 0.15) is 0 Å². The van der Waals surface area contributed by atoms with Crippen LogP contribution in [0.15, 0.2) is 0 Å². The Bertz CT molecular complexity index is 171. The zero-order valence-corrected chi connectivity index (χ0v) is 10.1. The van der Waals surface area contributed by atoms with Crippen LogP contribution in [0.4, 0.5) is 0 Å². The highest BCUT2D eigenvalue weighted by Crippen LogP contribution is 1.94. The molecule has 0 heterocycles. The Morgan fingerprint density at radius 1 is 1.07 bits per heavy atom. The molecule has 0 spiro atoms. The fourth-order valence-electron chi connectivity index (χ4n) is 1.09. The lowest BCUT2D eigenvalue weighted by molar-refractivity contribution is -0.123. The molecule has 2 N–H and O–H groups in total. The van der Waals surface area contributed by atoms with Crippen molar-refractivity contribution in [2.75, 3.05) is 0 Å². The van der Waals surface area contributed by atoms with Crippen molar-refractivity contribution in [2.24, 2.45) is 0 Å². The summed E-state index contributed by atoms with van der Waals surface area (Å²) in [5.74, 6) is 0.0969. The van der Waals surface area contributed by atoms with Crippen molar-refractivity contribution in [3.05, 3.63) is 0 Å². The lowest BCUT2D eigenvalue weighted by Gasteiger charge is -2.20. The van der Waals surface area contributed by atoms with Crippen LogP contribution in [0.2, 0.25) is 0 Å². The first-order chi connectivity index (χ1) is 6.51. The molecule has 0 aliphatic heterocycles. The van der Waals surface area contributed by atoms with E-state index in [2.05, 4.69) is 31.4 Å². The maximum Gasteiger partial charge on any atom is 0.237 e. The molecule has 0 aliphatic rings. The summed E-state index contributed by atoms with van der Waals surface area (Å²) >= 11 is 0. The van der Waals surface area contributed by atoms with E-state index in [-0.39, 0.29) is 18.0 Å². The molecule has 0 rings (SSSR count). The SMILES string of the molecule is CCC(C)NC(=O)C(C)NC(C)CC. The van der Waals surface area contributed by atoms with Crippen LogP contribution in [-0.2, 0) is 4.79 Å². The summed E-state index contributed by atoms with van der Waals surface area (Å²) in [7, 11) is 0. The largest absolute Gasteiger partial charge is 0.352 e. The monoisotopic (exact) mass is 200 g/mol. The Balaban J connectivity index is 3.87. The number of rotatable bonds is 6. The van der Waals surface area contributed by atoms with E-state index in [1.54, 1.807) is 0 Å². The number of hydrogen-bond donors (Lipinski definition) is 2. The van der Waals surface area contributed by atoms with Crippen molar-refractivity contribution < 1.29 is 4.79 Å². The Hall–Kier alpha value is -0.570. The Morgan fingerprint density at radius 2 is 1.57 bits per heavy atom. The molecule has 84 valence electrons. The van der Waals surface area contributed by atoms with Gasteiger partial charge in [-0.05, 0) is 33.6 Å². The molecule has 0 fully saturated rings. The molecule has 0 aromatic rings. The van der Waals surface area contributed by atoms with E-state index < -0.39 is 0 Å². The van der Waals surface area contributed by atoms with Gasteiger partial charge in [0, 0.05) is 12.1 Å². The van der Waals surface area contributed by atoms with E-state index in [1.165, 1.54) is 0 Å². The number of hydrogen-bond acceptors (Lipinski definition) is 2. The van der Waals surface area contributed by atoms with E-state index in [4.69, 9.17) is 0 Å². The Labute approximate surface area is 87.6 Å². The number of nitrogens with one attached hydrogen (secondary N) is 2. The van der Waals surface area contributed by atoms with E-state index in [0.717, 1.165) is 12.8 Å². The summed E-state index contributed by atoms with van der Waals surface area (Å²) in [5, 5.41) is 6.20. The van der Waals surface area contributed by atoms with Crippen molar-refractivity contribution in [3.8, 4) is 0 Å². The third-order valence-corrected chi connectivity index (χ3v) is 2.54. The summed E-state index contributed by atoms with van der Waals surface area (Å²) < 4.78 is 0. The number of amides is 1. The summed E-state index contributed by atoms with van der Waals surface area (Å²) in [6.45, 7) is 10.2. The summed E-state index contributed by atoms with van der Waals surface area (Å²) in [6.07, 6.45) is 2.02. The van der Waals surface area contributed by atoms with Gasteiger partial charge < -0.3 is 10.6 Å². The van der Waals surface area contributed by atoms with Gasteiger partial charge in [0.2, 0.25) is 5.91 Å². The van der Waals surface area contributed by atoms with Gasteiger partial charge >= 0.3 is 0 Å². The fraction of sp³-hybridized carbons (Fsp3) is 0.909. The molecule has 1 amide bonds. The lowest BCUT2D eigenvalue weighted by atomic mass is 10.2. The minimum Gasteiger partial charge on any atom is -0.352 e. The van der Waals surface area contributed by atoms with Crippen molar-refractivity contribution in [2.45, 2.75) is 65.6 Å². The van der Waals surface area contributed by atoms with Gasteiger partial charge in [0.25, 0.3) is 0 Å². The van der Waals surface area contributed by atoms with Gasteiger partial charge in [-0.1, -0.05) is 13.8 Å². The second kappa shape index (κ2) is 6.82. The molecule has 0 bridgehead atoms. The van der Waals surface area contributed by atoms with Crippen LogP contribution in [0, 0.1) is 0 Å². The highest BCUT2D eigenvalue weighted by molar-refractivity contribution is 5.81. The van der Waals surface area contributed by atoms with Crippen LogP contribution in [0.1, 0.15) is 47.5 Å². The summed E-state index contributed by atoms with van der Waals surface area (Å²) in [6, 6.07) is 0.565. The first kappa shape index (κ1) is 13.4. The molecule has 0 aliphatic carbocycles. The second-order valence-electron chi connectivity index (χ2n) is 4.02. The molecule has 0 radical (unpaired) electrons. The average molecular weight is 200 g/mol. The van der Waals surface area contributed by atoms with E-state index in [1.807, 2.05) is 13.8 Å². The molecule has 3 atom stereocenters. The molecule has 0 aromatic carbocycles. The van der Waals surface area contributed by atoms with Crippen molar-refractivity contribution in [3.63, 3.8) is 0 Å². The third kappa shape index (κ3) is 5.22. The average Bonchev–Trinajstić information content (AvgIpc) is 2.17. The molecule has 0 saturated carbocycles. The van der Waals surface area contributed by atoms with Crippen molar-refractivity contribution in [1.82, 2.24) is 10.6 Å². The predicted molar refractivity (Wildman–Crippen MR) is 60.2 cm³/mol. The Morgan fingerprint density at radius 3 is 2.00 bits per heavy atom. The maximum atomic E-state index is 11.6. The molecule has 0 saturated heterocycles. The predicted octanol–water partition coefficient (Wildman–Crippen LogP) is 1.68.